The Bertz CT molecular complexity index is 1130. The summed E-state index contributed by atoms with van der Waals surface area (Å²) in [5, 5.41) is 3.22. The molecular formula is C21H17F2N3O2S. The zero-order valence-electron chi connectivity index (χ0n) is 15.5. The number of carbonyl (C=O) groups is 1. The third kappa shape index (κ3) is 3.93. The van der Waals surface area contributed by atoms with Gasteiger partial charge in [0.2, 0.25) is 5.91 Å². The van der Waals surface area contributed by atoms with E-state index >= 15 is 0 Å². The highest BCUT2D eigenvalue weighted by Gasteiger charge is 2.32. The van der Waals surface area contributed by atoms with Gasteiger partial charge in [0, 0.05) is 25.1 Å². The van der Waals surface area contributed by atoms with Gasteiger partial charge in [-0.2, -0.15) is 4.98 Å². The molecule has 0 bridgehead atoms. The molecular weight excluding hydrogens is 396 g/mol. The lowest BCUT2D eigenvalue weighted by atomic mass is 9.87. The van der Waals surface area contributed by atoms with Gasteiger partial charge in [-0.25, -0.2) is 8.78 Å². The normalized spacial score (nSPS) is 15.7. The van der Waals surface area contributed by atoms with Crippen LogP contribution < -0.4 is 10.9 Å². The first-order valence-corrected chi connectivity index (χ1v) is 9.94. The first kappa shape index (κ1) is 19.3. The summed E-state index contributed by atoms with van der Waals surface area (Å²) in [6.45, 7) is 0. The molecule has 1 amide bonds. The molecule has 0 fully saturated rings. The van der Waals surface area contributed by atoms with Crippen LogP contribution in [0.25, 0.3) is 0 Å². The summed E-state index contributed by atoms with van der Waals surface area (Å²) in [5.41, 5.74) is 1.54. The van der Waals surface area contributed by atoms with Gasteiger partial charge >= 0.3 is 0 Å². The van der Waals surface area contributed by atoms with E-state index < -0.39 is 11.5 Å². The van der Waals surface area contributed by atoms with E-state index in [9.17, 15) is 18.4 Å². The summed E-state index contributed by atoms with van der Waals surface area (Å²) in [5.74, 6) is -0.504. The van der Waals surface area contributed by atoms with Crippen LogP contribution in [0.4, 0.5) is 14.6 Å². The van der Waals surface area contributed by atoms with Crippen LogP contribution in [0, 0.1) is 11.6 Å². The van der Waals surface area contributed by atoms with Crippen LogP contribution in [0.2, 0.25) is 0 Å². The second-order valence-electron chi connectivity index (χ2n) is 6.79. The molecule has 3 aromatic rings. The van der Waals surface area contributed by atoms with E-state index in [4.69, 9.17) is 0 Å². The smallest absolute Gasteiger partial charge is 0.279 e. The van der Waals surface area contributed by atoms with E-state index in [0.717, 1.165) is 5.56 Å². The number of carbonyl (C=O) groups excluding carboxylic acids is 1. The predicted octanol–water partition coefficient (Wildman–Crippen LogP) is 3.82. The molecule has 1 aliphatic heterocycles. The Kier molecular flexibility index (Phi) is 5.19. The lowest BCUT2D eigenvalue weighted by molar-refractivity contribution is -0.116. The average Bonchev–Trinajstić information content (AvgIpc) is 2.70. The lowest BCUT2D eigenvalue weighted by Gasteiger charge is -2.27. The first-order chi connectivity index (χ1) is 13.9. The quantitative estimate of drug-likeness (QED) is 0.522. The number of hydrogen-bond donors (Lipinski definition) is 1. The fourth-order valence-electron chi connectivity index (χ4n) is 3.37. The van der Waals surface area contributed by atoms with Gasteiger partial charge in [-0.3, -0.25) is 9.59 Å². The van der Waals surface area contributed by atoms with Crippen molar-refractivity contribution >= 4 is 23.5 Å². The molecule has 4 rings (SSSR count). The largest absolute Gasteiger partial charge is 0.312 e. The van der Waals surface area contributed by atoms with Crippen molar-refractivity contribution in [2.75, 3.05) is 5.32 Å². The molecule has 5 nitrogen and oxygen atoms in total. The number of nitrogens with zero attached hydrogens (tertiary/aromatic N) is 2. The number of anilines is 1. The number of rotatable bonds is 4. The van der Waals surface area contributed by atoms with Crippen molar-refractivity contribution in [3.8, 4) is 0 Å². The van der Waals surface area contributed by atoms with Gasteiger partial charge in [-0.15, -0.1) is 0 Å². The maximum absolute atomic E-state index is 13.3. The van der Waals surface area contributed by atoms with Crippen LogP contribution in [-0.4, -0.2) is 15.5 Å². The second kappa shape index (κ2) is 7.79. The maximum Gasteiger partial charge on any atom is 0.279 e. The third-order valence-corrected chi connectivity index (χ3v) is 5.96. The second-order valence-corrected chi connectivity index (χ2v) is 7.73. The Morgan fingerprint density at radius 2 is 1.69 bits per heavy atom. The van der Waals surface area contributed by atoms with Crippen molar-refractivity contribution in [2.45, 2.75) is 23.2 Å². The minimum atomic E-state index is -0.485. The van der Waals surface area contributed by atoms with Crippen LogP contribution in [0.5, 0.6) is 0 Å². The first-order valence-electron chi connectivity index (χ1n) is 8.96. The minimum Gasteiger partial charge on any atom is -0.312 e. The summed E-state index contributed by atoms with van der Waals surface area (Å²) in [7, 11) is 1.73. The van der Waals surface area contributed by atoms with E-state index in [2.05, 4.69) is 10.3 Å². The van der Waals surface area contributed by atoms with Gasteiger partial charge in [0.25, 0.3) is 5.56 Å². The summed E-state index contributed by atoms with van der Waals surface area (Å²) in [6.07, 6.45) is 0.0949. The number of aromatic nitrogens is 2. The Hall–Kier alpha value is -3.00. The Morgan fingerprint density at radius 1 is 1.07 bits per heavy atom. The highest BCUT2D eigenvalue weighted by molar-refractivity contribution is 7.98. The Labute approximate surface area is 169 Å². The molecule has 0 aliphatic carbocycles. The molecule has 1 aliphatic rings. The Morgan fingerprint density at radius 3 is 2.34 bits per heavy atom. The van der Waals surface area contributed by atoms with Crippen molar-refractivity contribution in [3.63, 3.8) is 0 Å². The van der Waals surface area contributed by atoms with E-state index in [1.807, 2.05) is 0 Å². The van der Waals surface area contributed by atoms with Crippen molar-refractivity contribution in [2.24, 2.45) is 7.05 Å². The Balaban J connectivity index is 1.70. The van der Waals surface area contributed by atoms with Gasteiger partial charge in [0.15, 0.2) is 5.16 Å². The topological polar surface area (TPSA) is 64.0 Å². The molecule has 1 N–H and O–H groups in total. The summed E-state index contributed by atoms with van der Waals surface area (Å²) >= 11 is 1.32. The van der Waals surface area contributed by atoms with Gasteiger partial charge in [-0.05, 0) is 35.4 Å². The number of hydrogen-bond acceptors (Lipinski definition) is 4. The van der Waals surface area contributed by atoms with E-state index in [1.165, 1.54) is 36.0 Å². The van der Waals surface area contributed by atoms with E-state index in [0.29, 0.717) is 27.9 Å². The molecule has 148 valence electrons. The van der Waals surface area contributed by atoms with Gasteiger partial charge in [0.05, 0.1) is 5.56 Å². The van der Waals surface area contributed by atoms with Crippen LogP contribution in [0.3, 0.4) is 0 Å². The monoisotopic (exact) mass is 413 g/mol. The molecule has 0 spiro atoms. The molecule has 1 atom stereocenters. The van der Waals surface area contributed by atoms with E-state index in [1.54, 1.807) is 35.9 Å². The maximum atomic E-state index is 13.3. The number of thioether (sulfide) groups is 1. The zero-order valence-corrected chi connectivity index (χ0v) is 16.3. The van der Waals surface area contributed by atoms with Crippen LogP contribution in [0.15, 0.2) is 58.5 Å². The molecule has 1 aromatic heterocycles. The zero-order chi connectivity index (χ0) is 20.5. The van der Waals surface area contributed by atoms with E-state index in [-0.39, 0.29) is 24.0 Å². The molecule has 0 saturated heterocycles. The van der Waals surface area contributed by atoms with Crippen molar-refractivity contribution in [1.29, 1.82) is 0 Å². The van der Waals surface area contributed by atoms with Crippen LogP contribution in [-0.2, 0) is 17.6 Å². The van der Waals surface area contributed by atoms with Gasteiger partial charge < -0.3 is 9.88 Å². The molecule has 29 heavy (non-hydrogen) atoms. The number of halogens is 2. The molecule has 2 heterocycles. The number of nitrogens with one attached hydrogen (secondary N) is 1. The average molecular weight is 413 g/mol. The van der Waals surface area contributed by atoms with Crippen LogP contribution in [0.1, 0.15) is 29.0 Å². The SMILES string of the molecule is Cn1c(SCc2ccc(F)cc2)nc(=O)c2c1NC(=O)CC2c1ccc(F)cc1. The molecule has 0 saturated carbocycles. The summed E-state index contributed by atoms with van der Waals surface area (Å²) < 4.78 is 28.0. The highest BCUT2D eigenvalue weighted by atomic mass is 32.2. The molecule has 8 heteroatoms. The fraction of sp³-hybridized carbons (Fsp3) is 0.190. The van der Waals surface area contributed by atoms with Crippen molar-refractivity contribution in [1.82, 2.24) is 9.55 Å². The van der Waals surface area contributed by atoms with Crippen LogP contribution >= 0.6 is 11.8 Å². The van der Waals surface area contributed by atoms with Crippen molar-refractivity contribution < 1.29 is 13.6 Å². The van der Waals surface area contributed by atoms with Gasteiger partial charge in [-0.1, -0.05) is 36.0 Å². The lowest BCUT2D eigenvalue weighted by Crippen LogP contribution is -2.33. The summed E-state index contributed by atoms with van der Waals surface area (Å²) in [6, 6.07) is 11.9. The third-order valence-electron chi connectivity index (χ3n) is 4.85. The fourth-order valence-corrected chi connectivity index (χ4v) is 4.29. The highest BCUT2D eigenvalue weighted by Crippen LogP contribution is 2.36. The molecule has 1 unspecified atom stereocenters. The summed E-state index contributed by atoms with van der Waals surface area (Å²) in [4.78, 5) is 29.3. The molecule has 2 aromatic carbocycles. The standard InChI is InChI=1S/C21H17F2N3O2S/c1-26-19-18(16(10-17(27)24-19)13-4-8-15(23)9-5-13)20(28)25-21(26)29-11-12-2-6-14(22)7-3-12/h2-9,16H,10-11H2,1H3,(H,24,27). The van der Waals surface area contributed by atoms with Gasteiger partial charge in [0.1, 0.15) is 17.5 Å². The van der Waals surface area contributed by atoms with Crippen molar-refractivity contribution in [3.05, 3.63) is 87.2 Å². The predicted molar refractivity (Wildman–Crippen MR) is 107 cm³/mol. The number of benzene rings is 2. The number of amides is 1. The number of fused-ring (bicyclic) bond motifs is 1. The molecule has 0 radical (unpaired) electrons. The minimum absolute atomic E-state index is 0.0949.